The van der Waals surface area contributed by atoms with E-state index in [1.54, 1.807) is 12.1 Å². The molecule has 0 N–H and O–H groups in total. The Bertz CT molecular complexity index is 505. The first kappa shape index (κ1) is 12.0. The fraction of sp³-hybridized carbons (Fsp3) is 0.222. The second-order valence-electron chi connectivity index (χ2n) is 2.71. The number of sulfone groups is 1. The van der Waals surface area contributed by atoms with Gasteiger partial charge in [-0.3, -0.25) is 0 Å². The number of hydrogen-bond donors (Lipinski definition) is 0. The van der Waals surface area contributed by atoms with Gasteiger partial charge in [0, 0.05) is 4.47 Å². The summed E-state index contributed by atoms with van der Waals surface area (Å²) in [6.07, 6.45) is 0. The van der Waals surface area contributed by atoms with Crippen LogP contribution >= 0.6 is 15.9 Å². The van der Waals surface area contributed by atoms with E-state index >= 15 is 0 Å². The third-order valence-corrected chi connectivity index (χ3v) is 3.71. The summed E-state index contributed by atoms with van der Waals surface area (Å²) >= 11 is 3.17. The van der Waals surface area contributed by atoms with E-state index in [2.05, 4.69) is 15.9 Å². The van der Waals surface area contributed by atoms with Crippen molar-refractivity contribution >= 4 is 25.8 Å². The number of benzene rings is 1. The van der Waals surface area contributed by atoms with Crippen molar-refractivity contribution in [1.29, 1.82) is 5.26 Å². The molecule has 0 fully saturated rings. The molecule has 80 valence electrons. The highest BCUT2D eigenvalue weighted by Crippen LogP contribution is 2.27. The van der Waals surface area contributed by atoms with Gasteiger partial charge in [-0.1, -0.05) is 15.9 Å². The summed E-state index contributed by atoms with van der Waals surface area (Å²) in [6, 6.07) is 6.25. The zero-order valence-corrected chi connectivity index (χ0v) is 10.3. The predicted octanol–water partition coefficient (Wildman–Crippen LogP) is 1.75. The molecule has 0 spiro atoms. The van der Waals surface area contributed by atoms with Crippen molar-refractivity contribution in [1.82, 2.24) is 0 Å². The van der Waals surface area contributed by atoms with Crippen LogP contribution in [0.4, 0.5) is 0 Å². The molecule has 0 atom stereocenters. The highest BCUT2D eigenvalue weighted by atomic mass is 79.9. The predicted molar refractivity (Wildman–Crippen MR) is 58.4 cm³/mol. The quantitative estimate of drug-likeness (QED) is 0.850. The Morgan fingerprint density at radius 2 is 2.20 bits per heavy atom. The molecule has 0 unspecified atom stereocenters. The van der Waals surface area contributed by atoms with Crippen molar-refractivity contribution in [3.8, 4) is 11.8 Å². The number of hydrogen-bond acceptors (Lipinski definition) is 4. The maximum absolute atomic E-state index is 11.6. The van der Waals surface area contributed by atoms with Gasteiger partial charge < -0.3 is 4.74 Å². The molecule has 0 heterocycles. The van der Waals surface area contributed by atoms with Gasteiger partial charge >= 0.3 is 0 Å². The van der Waals surface area contributed by atoms with Crippen LogP contribution in [0, 0.1) is 11.3 Å². The van der Waals surface area contributed by atoms with Gasteiger partial charge in [0.15, 0.2) is 9.84 Å². The Balaban J connectivity index is 3.36. The van der Waals surface area contributed by atoms with Gasteiger partial charge in [-0.05, 0) is 18.2 Å². The van der Waals surface area contributed by atoms with E-state index < -0.39 is 15.6 Å². The molecule has 15 heavy (non-hydrogen) atoms. The van der Waals surface area contributed by atoms with Gasteiger partial charge in [-0.25, -0.2) is 8.42 Å². The molecule has 1 rings (SSSR count). The van der Waals surface area contributed by atoms with Crippen LogP contribution in [0.3, 0.4) is 0 Å². The lowest BCUT2D eigenvalue weighted by atomic mass is 10.3. The minimum absolute atomic E-state index is 0.0286. The summed E-state index contributed by atoms with van der Waals surface area (Å²) in [7, 11) is -2.21. The molecule has 0 aliphatic heterocycles. The molecule has 1 aromatic rings. The SMILES string of the molecule is COc1ccc(Br)cc1S(=O)(=O)CC#N. The number of rotatable bonds is 3. The van der Waals surface area contributed by atoms with Crippen LogP contribution in [0.1, 0.15) is 0 Å². The molecular formula is C9H8BrNO3S. The highest BCUT2D eigenvalue weighted by Gasteiger charge is 2.19. The smallest absolute Gasteiger partial charge is 0.195 e. The standard InChI is InChI=1S/C9H8BrNO3S/c1-14-8-3-2-7(10)6-9(8)15(12,13)5-4-11/h2-3,6H,5H2,1H3. The topological polar surface area (TPSA) is 67.2 Å². The second kappa shape index (κ2) is 4.64. The Morgan fingerprint density at radius 1 is 1.53 bits per heavy atom. The average molecular weight is 290 g/mol. The van der Waals surface area contributed by atoms with Crippen molar-refractivity contribution in [2.75, 3.05) is 12.9 Å². The minimum atomic E-state index is -3.59. The van der Waals surface area contributed by atoms with E-state index in [1.165, 1.54) is 19.2 Å². The maximum atomic E-state index is 11.6. The van der Waals surface area contributed by atoms with Crippen LogP contribution in [0.2, 0.25) is 0 Å². The van der Waals surface area contributed by atoms with E-state index in [9.17, 15) is 8.42 Å². The average Bonchev–Trinajstić information content (AvgIpc) is 2.17. The Kier molecular flexibility index (Phi) is 3.72. The first-order valence-electron chi connectivity index (χ1n) is 3.94. The lowest BCUT2D eigenvalue weighted by Crippen LogP contribution is -2.06. The summed E-state index contributed by atoms with van der Waals surface area (Å²) in [5.41, 5.74) is 0. The number of nitrogens with zero attached hydrogens (tertiary/aromatic N) is 1. The summed E-state index contributed by atoms with van der Waals surface area (Å²) in [6.45, 7) is 0. The molecule has 0 saturated carbocycles. The van der Waals surface area contributed by atoms with E-state index in [-0.39, 0.29) is 10.6 Å². The number of ether oxygens (including phenoxy) is 1. The van der Waals surface area contributed by atoms with Crippen LogP contribution in [0.25, 0.3) is 0 Å². The molecule has 0 saturated heterocycles. The monoisotopic (exact) mass is 289 g/mol. The third kappa shape index (κ3) is 2.70. The van der Waals surface area contributed by atoms with Crippen molar-refractivity contribution in [2.45, 2.75) is 4.90 Å². The normalized spacial score (nSPS) is 10.7. The first-order chi connectivity index (χ1) is 7.01. The van der Waals surface area contributed by atoms with Crippen LogP contribution in [-0.2, 0) is 9.84 Å². The molecule has 0 aliphatic carbocycles. The van der Waals surface area contributed by atoms with E-state index in [0.29, 0.717) is 4.47 Å². The van der Waals surface area contributed by atoms with Crippen LogP contribution < -0.4 is 4.74 Å². The van der Waals surface area contributed by atoms with Crippen molar-refractivity contribution < 1.29 is 13.2 Å². The molecule has 0 aliphatic rings. The van der Waals surface area contributed by atoms with Gasteiger partial charge in [0.2, 0.25) is 0 Å². The molecule has 4 nitrogen and oxygen atoms in total. The molecule has 0 bridgehead atoms. The van der Waals surface area contributed by atoms with Crippen LogP contribution in [0.15, 0.2) is 27.6 Å². The summed E-state index contributed by atoms with van der Waals surface area (Å²) < 4.78 is 28.8. The fourth-order valence-electron chi connectivity index (χ4n) is 1.06. The molecule has 0 aromatic heterocycles. The number of methoxy groups -OCH3 is 1. The van der Waals surface area contributed by atoms with Gasteiger partial charge in [0.25, 0.3) is 0 Å². The lowest BCUT2D eigenvalue weighted by Gasteiger charge is -2.07. The lowest BCUT2D eigenvalue weighted by molar-refractivity contribution is 0.402. The fourth-order valence-corrected chi connectivity index (χ4v) is 2.66. The van der Waals surface area contributed by atoms with Crippen LogP contribution in [-0.4, -0.2) is 21.3 Å². The van der Waals surface area contributed by atoms with Gasteiger partial charge in [0.1, 0.15) is 16.4 Å². The van der Waals surface area contributed by atoms with E-state index in [0.717, 1.165) is 0 Å². The van der Waals surface area contributed by atoms with Crippen molar-refractivity contribution in [3.63, 3.8) is 0 Å². The van der Waals surface area contributed by atoms with Gasteiger partial charge in [0.05, 0.1) is 13.2 Å². The van der Waals surface area contributed by atoms with Gasteiger partial charge in [-0.15, -0.1) is 0 Å². The van der Waals surface area contributed by atoms with Gasteiger partial charge in [-0.2, -0.15) is 5.26 Å². The summed E-state index contributed by atoms with van der Waals surface area (Å²) in [5, 5.41) is 8.41. The van der Waals surface area contributed by atoms with Crippen LogP contribution in [0.5, 0.6) is 5.75 Å². The Labute approximate surface area is 96.5 Å². The molecule has 0 amide bonds. The highest BCUT2D eigenvalue weighted by molar-refractivity contribution is 9.10. The zero-order valence-electron chi connectivity index (χ0n) is 7.90. The molecule has 1 aromatic carbocycles. The van der Waals surface area contributed by atoms with Crippen molar-refractivity contribution in [2.24, 2.45) is 0 Å². The first-order valence-corrected chi connectivity index (χ1v) is 6.39. The van der Waals surface area contributed by atoms with E-state index in [4.69, 9.17) is 10.00 Å². The van der Waals surface area contributed by atoms with Crippen molar-refractivity contribution in [3.05, 3.63) is 22.7 Å². The third-order valence-electron chi connectivity index (χ3n) is 1.72. The summed E-state index contributed by atoms with van der Waals surface area (Å²) in [5.74, 6) is -0.312. The maximum Gasteiger partial charge on any atom is 0.195 e. The molecule has 0 radical (unpaired) electrons. The molecule has 6 heteroatoms. The zero-order chi connectivity index (χ0) is 11.5. The Morgan fingerprint density at radius 3 is 2.73 bits per heavy atom. The summed E-state index contributed by atoms with van der Waals surface area (Å²) in [4.78, 5) is 0.0286. The minimum Gasteiger partial charge on any atom is -0.495 e. The number of halogens is 1. The Hall–Kier alpha value is -1.06. The second-order valence-corrected chi connectivity index (χ2v) is 5.59. The largest absolute Gasteiger partial charge is 0.495 e. The van der Waals surface area contributed by atoms with E-state index in [1.807, 2.05) is 0 Å². The number of nitriles is 1. The molecular weight excluding hydrogens is 282 g/mol.